The summed E-state index contributed by atoms with van der Waals surface area (Å²) in [6.07, 6.45) is 2.48. The number of rotatable bonds is 8. The summed E-state index contributed by atoms with van der Waals surface area (Å²) in [5.41, 5.74) is 1.58. The van der Waals surface area contributed by atoms with Gasteiger partial charge in [0.25, 0.3) is 0 Å². The maximum atomic E-state index is 9.52. The van der Waals surface area contributed by atoms with Crippen LogP contribution in [0.25, 0.3) is 10.3 Å². The summed E-state index contributed by atoms with van der Waals surface area (Å²) in [5.74, 6) is 2.37. The van der Waals surface area contributed by atoms with E-state index in [1.54, 1.807) is 38.6 Å². The monoisotopic (exact) mass is 525 g/mol. The number of anilines is 3. The molecule has 37 heavy (non-hydrogen) atoms. The zero-order valence-electron chi connectivity index (χ0n) is 21.4. The number of ether oxygens (including phenoxy) is 3. The molecule has 5 heterocycles. The molecule has 1 saturated heterocycles. The third-order valence-corrected chi connectivity index (χ3v) is 6.81. The number of nitrogens with one attached hydrogen (secondary N) is 2. The van der Waals surface area contributed by atoms with Gasteiger partial charge in [-0.15, -0.1) is 0 Å². The van der Waals surface area contributed by atoms with E-state index in [1.807, 2.05) is 10.7 Å². The van der Waals surface area contributed by atoms with E-state index < -0.39 is 6.23 Å². The number of hydrogen-bond acceptors (Lipinski definition) is 11. The summed E-state index contributed by atoms with van der Waals surface area (Å²) in [4.78, 5) is 13.3. The first-order valence-electron chi connectivity index (χ1n) is 12.0. The Hall–Kier alpha value is -3.32. The van der Waals surface area contributed by atoms with Crippen molar-refractivity contribution in [2.45, 2.75) is 51.5 Å². The van der Waals surface area contributed by atoms with Crippen molar-refractivity contribution >= 4 is 38.5 Å². The normalized spacial score (nSPS) is 18.8. The number of pyridine rings is 2. The van der Waals surface area contributed by atoms with Crippen LogP contribution >= 0.6 is 11.3 Å². The van der Waals surface area contributed by atoms with Crippen LogP contribution < -0.4 is 15.4 Å². The van der Waals surface area contributed by atoms with E-state index in [0.717, 1.165) is 10.4 Å². The smallest absolute Gasteiger partial charge is 0.191 e. The molecule has 1 fully saturated rings. The van der Waals surface area contributed by atoms with Crippen molar-refractivity contribution in [3.63, 3.8) is 0 Å². The van der Waals surface area contributed by atoms with Crippen LogP contribution in [0.3, 0.4) is 0 Å². The first kappa shape index (κ1) is 25.3. The topological polar surface area (TPSA) is 128 Å². The minimum atomic E-state index is -0.720. The van der Waals surface area contributed by atoms with Gasteiger partial charge in [0, 0.05) is 42.6 Å². The molecule has 0 aromatic carbocycles. The van der Waals surface area contributed by atoms with Crippen molar-refractivity contribution in [2.24, 2.45) is 0 Å². The zero-order chi connectivity index (χ0) is 26.2. The van der Waals surface area contributed by atoms with Crippen molar-refractivity contribution in [1.29, 1.82) is 0 Å². The van der Waals surface area contributed by atoms with E-state index in [2.05, 4.69) is 52.4 Å². The Kier molecular flexibility index (Phi) is 6.99. The van der Waals surface area contributed by atoms with E-state index in [1.165, 1.54) is 11.3 Å². The van der Waals surface area contributed by atoms with Gasteiger partial charge in [-0.25, -0.2) is 9.97 Å². The van der Waals surface area contributed by atoms with Crippen LogP contribution in [0.15, 0.2) is 36.7 Å². The fraction of sp³-hybridized carbons (Fsp3) is 0.440. The molecule has 0 radical (unpaired) electrons. The molecule has 0 bridgehead atoms. The Labute approximate surface area is 218 Å². The van der Waals surface area contributed by atoms with Crippen molar-refractivity contribution < 1.29 is 19.3 Å². The molecular weight excluding hydrogens is 494 g/mol. The highest BCUT2D eigenvalue weighted by atomic mass is 32.1. The first-order valence-corrected chi connectivity index (χ1v) is 12.8. The third kappa shape index (κ3) is 5.67. The maximum absolute atomic E-state index is 9.52. The Morgan fingerprint density at radius 3 is 2.76 bits per heavy atom. The molecule has 11 nitrogen and oxygen atoms in total. The lowest BCUT2D eigenvalue weighted by Gasteiger charge is -2.25. The highest BCUT2D eigenvalue weighted by Crippen LogP contribution is 2.35. The lowest BCUT2D eigenvalue weighted by atomic mass is 9.91. The summed E-state index contributed by atoms with van der Waals surface area (Å²) in [6.45, 7) is 9.23. The van der Waals surface area contributed by atoms with Gasteiger partial charge < -0.3 is 30.0 Å². The molecule has 12 heteroatoms. The van der Waals surface area contributed by atoms with Crippen LogP contribution in [0, 0.1) is 0 Å². The van der Waals surface area contributed by atoms with Gasteiger partial charge >= 0.3 is 0 Å². The number of nitrogens with zero attached hydrogens (tertiary/aromatic N) is 5. The van der Waals surface area contributed by atoms with Crippen molar-refractivity contribution in [2.75, 3.05) is 31.0 Å². The summed E-state index contributed by atoms with van der Waals surface area (Å²) >= 11 is 1.47. The number of fused-ring (bicyclic) bond motifs is 1. The van der Waals surface area contributed by atoms with Gasteiger partial charge in [-0.3, -0.25) is 4.68 Å². The van der Waals surface area contributed by atoms with E-state index in [9.17, 15) is 5.11 Å². The fourth-order valence-electron chi connectivity index (χ4n) is 4.17. The summed E-state index contributed by atoms with van der Waals surface area (Å²) in [6, 6.07) is 7.41. The van der Waals surface area contributed by atoms with Gasteiger partial charge in [0.2, 0.25) is 0 Å². The highest BCUT2D eigenvalue weighted by molar-refractivity contribution is 7.22. The molecule has 0 aliphatic carbocycles. The van der Waals surface area contributed by atoms with Gasteiger partial charge in [0.15, 0.2) is 16.6 Å². The number of thiazole rings is 1. The molecule has 1 aliphatic heterocycles. The lowest BCUT2D eigenvalue weighted by molar-refractivity contribution is 0.0655. The second-order valence-electron chi connectivity index (χ2n) is 9.92. The predicted octanol–water partition coefficient (Wildman–Crippen LogP) is 4.45. The van der Waals surface area contributed by atoms with Crippen molar-refractivity contribution in [3.8, 4) is 11.5 Å². The van der Waals surface area contributed by atoms with Crippen molar-refractivity contribution in [3.05, 3.63) is 42.4 Å². The highest BCUT2D eigenvalue weighted by Gasteiger charge is 2.34. The Morgan fingerprint density at radius 2 is 2.00 bits per heavy atom. The van der Waals surface area contributed by atoms with E-state index in [4.69, 9.17) is 19.3 Å². The first-order chi connectivity index (χ1) is 17.7. The van der Waals surface area contributed by atoms with E-state index in [0.29, 0.717) is 47.1 Å². The van der Waals surface area contributed by atoms with Gasteiger partial charge in [0.05, 0.1) is 24.1 Å². The third-order valence-electron chi connectivity index (χ3n) is 5.90. The molecule has 0 amide bonds. The number of methoxy groups -OCH3 is 1. The van der Waals surface area contributed by atoms with E-state index >= 15 is 0 Å². The van der Waals surface area contributed by atoms with Crippen LogP contribution in [0.5, 0.6) is 11.5 Å². The predicted molar refractivity (Wildman–Crippen MR) is 142 cm³/mol. The second kappa shape index (κ2) is 10.2. The molecule has 4 aromatic heterocycles. The fourth-order valence-corrected chi connectivity index (χ4v) is 5.03. The minimum absolute atomic E-state index is 0.0102. The van der Waals surface area contributed by atoms with Crippen LogP contribution in [0.1, 0.15) is 39.4 Å². The zero-order valence-corrected chi connectivity index (χ0v) is 22.2. The van der Waals surface area contributed by atoms with Gasteiger partial charge in [-0.1, -0.05) is 32.1 Å². The molecule has 1 aliphatic rings. The maximum Gasteiger partial charge on any atom is 0.191 e. The van der Waals surface area contributed by atoms with Gasteiger partial charge in [-0.05, 0) is 13.0 Å². The molecule has 5 rings (SSSR count). The molecule has 1 unspecified atom stereocenters. The Bertz CT molecular complexity index is 1380. The number of aliphatic hydroxyl groups is 1. The molecule has 3 atom stereocenters. The molecule has 0 spiro atoms. The van der Waals surface area contributed by atoms with Gasteiger partial charge in [0.1, 0.15) is 35.7 Å². The summed E-state index contributed by atoms with van der Waals surface area (Å²) in [5, 5.41) is 21.2. The lowest BCUT2D eigenvalue weighted by Crippen LogP contribution is -2.29. The van der Waals surface area contributed by atoms with Crippen molar-refractivity contribution in [1.82, 2.24) is 24.7 Å². The Balaban J connectivity index is 1.36. The van der Waals surface area contributed by atoms with Crippen LogP contribution in [0.4, 0.5) is 16.8 Å². The molecule has 0 saturated carbocycles. The van der Waals surface area contributed by atoms with Crippen LogP contribution in [-0.4, -0.2) is 62.5 Å². The number of hydrogen-bond donors (Lipinski definition) is 3. The van der Waals surface area contributed by atoms with E-state index in [-0.39, 0.29) is 17.6 Å². The second-order valence-corrected chi connectivity index (χ2v) is 11.0. The quantitative estimate of drug-likeness (QED) is 0.284. The summed E-state index contributed by atoms with van der Waals surface area (Å²) < 4.78 is 20.2. The molecule has 4 aromatic rings. The Morgan fingerprint density at radius 1 is 1.16 bits per heavy atom. The number of aromatic nitrogens is 5. The molecule has 3 N–H and O–H groups in total. The average Bonchev–Trinajstić information content (AvgIpc) is 3.55. The standard InChI is InChI=1S/C25H31N7O4S/c1-14(33)28-21-9-15(6-7-26-21)36-16-8-19-23(27-11-16)30-24(37-19)29-22-10-20(25(2,3)4)32(31-22)17-12-35-13-18(17)34-5/h6-11,14,17-18,33H,12-13H2,1-5H3,(H,26,28)(H,27,29,30,31)/t14?,17-,18+/m1/s1. The number of aliphatic hydroxyl groups excluding tert-OH is 1. The van der Waals surface area contributed by atoms with Crippen LogP contribution in [-0.2, 0) is 14.9 Å². The SMILES string of the molecule is CO[C@H]1COC[C@H]1n1nc(Nc2nc3ncc(Oc4ccnc(NC(C)O)c4)cc3s2)cc1C(C)(C)C. The van der Waals surface area contributed by atoms with Gasteiger partial charge in [-0.2, -0.15) is 10.1 Å². The summed E-state index contributed by atoms with van der Waals surface area (Å²) in [7, 11) is 1.71. The largest absolute Gasteiger partial charge is 0.455 e. The average molecular weight is 526 g/mol. The molecule has 196 valence electrons. The minimum Gasteiger partial charge on any atom is -0.455 e. The van der Waals surface area contributed by atoms with Crippen LogP contribution in [0.2, 0.25) is 0 Å². The molecular formula is C25H31N7O4S.